The highest BCUT2D eigenvalue weighted by Gasteiger charge is 2.17. The van der Waals surface area contributed by atoms with Crippen LogP contribution in [0, 0.1) is 0 Å². The third-order valence-electron chi connectivity index (χ3n) is 2.58. The fourth-order valence-corrected chi connectivity index (χ4v) is 2.77. The Morgan fingerprint density at radius 1 is 1.31 bits per heavy atom. The molecule has 5 heteroatoms. The van der Waals surface area contributed by atoms with Crippen LogP contribution in [0.1, 0.15) is 10.9 Å². The van der Waals surface area contributed by atoms with Crippen molar-refractivity contribution in [2.45, 2.75) is 6.04 Å². The zero-order valence-electron chi connectivity index (χ0n) is 10.1. The van der Waals surface area contributed by atoms with E-state index in [0.29, 0.717) is 6.54 Å². The van der Waals surface area contributed by atoms with Gasteiger partial charge in [-0.15, -0.1) is 11.3 Å². The monoisotopic (exact) mass is 261 g/mol. The summed E-state index contributed by atoms with van der Waals surface area (Å²) in [6.07, 6.45) is 0. The molecule has 0 fully saturated rings. The van der Waals surface area contributed by atoms with Gasteiger partial charge in [0.15, 0.2) is 0 Å². The Morgan fingerprint density at radius 2 is 2.00 bits per heavy atom. The van der Waals surface area contributed by atoms with Gasteiger partial charge in [-0.05, 0) is 33.3 Å². The summed E-state index contributed by atoms with van der Waals surface area (Å²) in [5.41, 5.74) is 5.83. The van der Waals surface area contributed by atoms with Crippen LogP contribution >= 0.6 is 22.9 Å². The summed E-state index contributed by atoms with van der Waals surface area (Å²) in [6, 6.07) is 4.28. The van der Waals surface area contributed by atoms with E-state index in [0.717, 1.165) is 17.4 Å². The van der Waals surface area contributed by atoms with Gasteiger partial charge in [-0.3, -0.25) is 4.90 Å². The standard InChI is InChI=1S/C11H20ClN3S/c1-14(2)6-7-15(3)9(8-13)10-4-5-11(12)16-10/h4-5,9H,6-8,13H2,1-3H3. The third-order valence-corrected chi connectivity index (χ3v) is 3.91. The summed E-state index contributed by atoms with van der Waals surface area (Å²) in [5.74, 6) is 0. The first-order valence-electron chi connectivity index (χ1n) is 5.35. The molecule has 0 aliphatic rings. The SMILES string of the molecule is CN(C)CCN(C)C(CN)c1ccc(Cl)s1. The van der Waals surface area contributed by atoms with Crippen molar-refractivity contribution in [3.63, 3.8) is 0 Å². The van der Waals surface area contributed by atoms with E-state index in [4.69, 9.17) is 17.3 Å². The second-order valence-corrected chi connectivity index (χ2v) is 5.92. The molecule has 0 aliphatic carbocycles. The maximum atomic E-state index is 5.94. The van der Waals surface area contributed by atoms with E-state index in [1.54, 1.807) is 11.3 Å². The molecule has 1 heterocycles. The van der Waals surface area contributed by atoms with Gasteiger partial charge < -0.3 is 10.6 Å². The molecule has 3 nitrogen and oxygen atoms in total. The molecule has 0 saturated carbocycles. The minimum absolute atomic E-state index is 0.275. The number of nitrogens with zero attached hydrogens (tertiary/aromatic N) is 2. The molecule has 1 atom stereocenters. The van der Waals surface area contributed by atoms with Gasteiger partial charge >= 0.3 is 0 Å². The van der Waals surface area contributed by atoms with Crippen molar-refractivity contribution in [2.75, 3.05) is 40.8 Å². The fraction of sp³-hybridized carbons (Fsp3) is 0.636. The number of nitrogens with two attached hydrogens (primary N) is 1. The van der Waals surface area contributed by atoms with Crippen LogP contribution in [0.2, 0.25) is 4.34 Å². The van der Waals surface area contributed by atoms with E-state index in [1.807, 2.05) is 6.07 Å². The van der Waals surface area contributed by atoms with Crippen LogP contribution in [-0.2, 0) is 0 Å². The molecule has 0 aliphatic heterocycles. The quantitative estimate of drug-likeness (QED) is 0.849. The Balaban J connectivity index is 2.59. The van der Waals surface area contributed by atoms with Crippen LogP contribution in [-0.4, -0.2) is 50.6 Å². The lowest BCUT2D eigenvalue weighted by Crippen LogP contribution is -2.35. The second-order valence-electron chi connectivity index (χ2n) is 4.18. The number of rotatable bonds is 6. The Bertz CT molecular complexity index is 314. The largest absolute Gasteiger partial charge is 0.329 e. The molecule has 0 radical (unpaired) electrons. The molecule has 1 rings (SSSR count). The average molecular weight is 262 g/mol. The van der Waals surface area contributed by atoms with Crippen molar-refractivity contribution in [2.24, 2.45) is 5.73 Å². The molecule has 16 heavy (non-hydrogen) atoms. The van der Waals surface area contributed by atoms with Gasteiger partial charge in [0.1, 0.15) is 0 Å². The zero-order chi connectivity index (χ0) is 12.1. The molecule has 92 valence electrons. The number of halogens is 1. The lowest BCUT2D eigenvalue weighted by Gasteiger charge is -2.27. The summed E-state index contributed by atoms with van der Waals surface area (Å²) < 4.78 is 0.828. The van der Waals surface area contributed by atoms with Gasteiger partial charge in [0.05, 0.1) is 10.4 Å². The summed E-state index contributed by atoms with van der Waals surface area (Å²) in [6.45, 7) is 2.66. The lowest BCUT2D eigenvalue weighted by atomic mass is 10.2. The minimum atomic E-state index is 0.275. The fourth-order valence-electron chi connectivity index (χ4n) is 1.53. The van der Waals surface area contributed by atoms with Gasteiger partial charge in [-0.2, -0.15) is 0 Å². The smallest absolute Gasteiger partial charge is 0.0931 e. The highest BCUT2D eigenvalue weighted by molar-refractivity contribution is 7.16. The van der Waals surface area contributed by atoms with Crippen molar-refractivity contribution < 1.29 is 0 Å². The molecule has 2 N–H and O–H groups in total. The molecule has 0 amide bonds. The second kappa shape index (κ2) is 6.57. The number of likely N-dealkylation sites (N-methyl/N-ethyl adjacent to an activating group) is 2. The van der Waals surface area contributed by atoms with Crippen LogP contribution < -0.4 is 5.73 Å². The average Bonchev–Trinajstić information content (AvgIpc) is 2.63. The number of thiophene rings is 1. The van der Waals surface area contributed by atoms with Crippen molar-refractivity contribution in [3.8, 4) is 0 Å². The lowest BCUT2D eigenvalue weighted by molar-refractivity contribution is 0.225. The highest BCUT2D eigenvalue weighted by atomic mass is 35.5. The third kappa shape index (κ3) is 4.03. The Morgan fingerprint density at radius 3 is 2.44 bits per heavy atom. The Kier molecular flexibility index (Phi) is 5.72. The summed E-state index contributed by atoms with van der Waals surface area (Å²) in [7, 11) is 6.26. The van der Waals surface area contributed by atoms with Crippen LogP contribution in [0.5, 0.6) is 0 Å². The Hall–Kier alpha value is -0.130. The van der Waals surface area contributed by atoms with Crippen molar-refractivity contribution in [1.82, 2.24) is 9.80 Å². The van der Waals surface area contributed by atoms with Gasteiger partial charge in [0, 0.05) is 24.5 Å². The maximum absolute atomic E-state index is 5.94. The van der Waals surface area contributed by atoms with Crippen molar-refractivity contribution >= 4 is 22.9 Å². The normalized spacial score (nSPS) is 13.7. The molecule has 1 aromatic rings. The molecular formula is C11H20ClN3S. The molecule has 0 spiro atoms. The molecule has 0 saturated heterocycles. The van der Waals surface area contributed by atoms with E-state index in [2.05, 4.69) is 37.0 Å². The predicted octanol–water partition coefficient (Wildman–Crippen LogP) is 1.89. The van der Waals surface area contributed by atoms with Crippen molar-refractivity contribution in [3.05, 3.63) is 21.3 Å². The summed E-state index contributed by atoms with van der Waals surface area (Å²) in [4.78, 5) is 5.70. The molecule has 0 aromatic carbocycles. The van der Waals surface area contributed by atoms with Gasteiger partial charge in [0.25, 0.3) is 0 Å². The zero-order valence-corrected chi connectivity index (χ0v) is 11.7. The minimum Gasteiger partial charge on any atom is -0.329 e. The maximum Gasteiger partial charge on any atom is 0.0931 e. The summed E-state index contributed by atoms with van der Waals surface area (Å²) in [5, 5.41) is 0. The number of hydrogen-bond acceptors (Lipinski definition) is 4. The van der Waals surface area contributed by atoms with Gasteiger partial charge in [-0.25, -0.2) is 0 Å². The highest BCUT2D eigenvalue weighted by Crippen LogP contribution is 2.29. The van der Waals surface area contributed by atoms with Crippen LogP contribution in [0.25, 0.3) is 0 Å². The Labute approximate surface area is 107 Å². The van der Waals surface area contributed by atoms with E-state index >= 15 is 0 Å². The van der Waals surface area contributed by atoms with Crippen LogP contribution in [0.15, 0.2) is 12.1 Å². The number of hydrogen-bond donors (Lipinski definition) is 1. The molecule has 1 unspecified atom stereocenters. The first kappa shape index (κ1) is 13.9. The van der Waals surface area contributed by atoms with E-state index in [9.17, 15) is 0 Å². The summed E-state index contributed by atoms with van der Waals surface area (Å²) >= 11 is 7.56. The van der Waals surface area contributed by atoms with Crippen LogP contribution in [0.3, 0.4) is 0 Å². The molecule has 1 aromatic heterocycles. The van der Waals surface area contributed by atoms with Crippen molar-refractivity contribution in [1.29, 1.82) is 0 Å². The predicted molar refractivity (Wildman–Crippen MR) is 72.3 cm³/mol. The van der Waals surface area contributed by atoms with E-state index in [-0.39, 0.29) is 6.04 Å². The first-order valence-corrected chi connectivity index (χ1v) is 6.54. The van der Waals surface area contributed by atoms with E-state index < -0.39 is 0 Å². The van der Waals surface area contributed by atoms with Crippen LogP contribution in [0.4, 0.5) is 0 Å². The van der Waals surface area contributed by atoms with E-state index in [1.165, 1.54) is 4.88 Å². The van der Waals surface area contributed by atoms with Gasteiger partial charge in [-0.1, -0.05) is 11.6 Å². The molecular weight excluding hydrogens is 242 g/mol. The molecule has 0 bridgehead atoms. The topological polar surface area (TPSA) is 32.5 Å². The van der Waals surface area contributed by atoms with Gasteiger partial charge in [0.2, 0.25) is 0 Å². The first-order chi connectivity index (χ1) is 7.54.